The van der Waals surface area contributed by atoms with Crippen LogP contribution >= 0.6 is 11.6 Å². The van der Waals surface area contributed by atoms with Crippen LogP contribution in [0.3, 0.4) is 0 Å². The number of nitrogens with zero attached hydrogens (tertiary/aromatic N) is 3. The molecule has 20 heavy (non-hydrogen) atoms. The van der Waals surface area contributed by atoms with Gasteiger partial charge in [0.1, 0.15) is 0 Å². The van der Waals surface area contributed by atoms with Gasteiger partial charge in [0, 0.05) is 11.3 Å². The average Bonchev–Trinajstić information content (AvgIpc) is 3.07. The topological polar surface area (TPSA) is 46.5 Å². The zero-order valence-electron chi connectivity index (χ0n) is 11.2. The van der Waals surface area contributed by atoms with Crippen molar-refractivity contribution in [2.75, 3.05) is 0 Å². The highest BCUT2D eigenvalue weighted by Gasteiger charge is 2.10. The Kier molecular flexibility index (Phi) is 3.56. The molecule has 3 aromatic rings. The van der Waals surface area contributed by atoms with Gasteiger partial charge in [-0.2, -0.15) is 10.2 Å². The first-order valence-electron chi connectivity index (χ1n) is 6.45. The summed E-state index contributed by atoms with van der Waals surface area (Å²) in [5.41, 5.74) is 5.02. The Balaban J connectivity index is 1.93. The van der Waals surface area contributed by atoms with E-state index in [1.807, 2.05) is 54.1 Å². The molecule has 0 aliphatic rings. The summed E-state index contributed by atoms with van der Waals surface area (Å²) in [6, 6.07) is 14.1. The highest BCUT2D eigenvalue weighted by Crippen LogP contribution is 2.20. The van der Waals surface area contributed by atoms with Crippen LogP contribution < -0.4 is 0 Å². The number of alkyl halides is 1. The zero-order valence-corrected chi connectivity index (χ0v) is 11.9. The van der Waals surface area contributed by atoms with Crippen molar-refractivity contribution in [1.82, 2.24) is 20.0 Å². The van der Waals surface area contributed by atoms with Crippen molar-refractivity contribution < 1.29 is 0 Å². The lowest BCUT2D eigenvalue weighted by molar-refractivity contribution is 0.649. The lowest BCUT2D eigenvalue weighted by atomic mass is 10.1. The van der Waals surface area contributed by atoms with Crippen LogP contribution in [0.2, 0.25) is 0 Å². The predicted octanol–water partition coefficient (Wildman–Crippen LogP) is 3.37. The third-order valence-electron chi connectivity index (χ3n) is 3.14. The standard InChI is InChI=1S/C15H15ClN4/c1-11-7-13(18-17-11)10-20-14(9-16)8-15(19-20)12-5-3-2-4-6-12/h2-8H,9-10H2,1H3,(H,17,18). The van der Waals surface area contributed by atoms with E-state index in [4.69, 9.17) is 11.6 Å². The second-order valence-corrected chi connectivity index (χ2v) is 4.99. The van der Waals surface area contributed by atoms with Crippen molar-refractivity contribution in [1.29, 1.82) is 0 Å². The maximum atomic E-state index is 6.02. The van der Waals surface area contributed by atoms with Crippen LogP contribution in [-0.4, -0.2) is 20.0 Å². The summed E-state index contributed by atoms with van der Waals surface area (Å²) in [4.78, 5) is 0. The SMILES string of the molecule is Cc1cc(Cn2nc(-c3ccccc3)cc2CCl)n[nH]1. The molecule has 0 radical (unpaired) electrons. The van der Waals surface area contributed by atoms with Crippen molar-refractivity contribution in [3.05, 3.63) is 59.5 Å². The Bertz CT molecular complexity index is 700. The fraction of sp³-hybridized carbons (Fsp3) is 0.200. The van der Waals surface area contributed by atoms with Crippen LogP contribution in [0, 0.1) is 6.92 Å². The molecule has 0 amide bonds. The van der Waals surface area contributed by atoms with Crippen LogP contribution in [0.1, 0.15) is 17.1 Å². The predicted molar refractivity (Wildman–Crippen MR) is 79.6 cm³/mol. The van der Waals surface area contributed by atoms with Crippen LogP contribution in [0.5, 0.6) is 0 Å². The molecule has 0 atom stereocenters. The van der Waals surface area contributed by atoms with E-state index in [0.29, 0.717) is 12.4 Å². The van der Waals surface area contributed by atoms with Gasteiger partial charge in [0.2, 0.25) is 0 Å². The Morgan fingerprint density at radius 2 is 2.00 bits per heavy atom. The van der Waals surface area contributed by atoms with Crippen molar-refractivity contribution in [3.8, 4) is 11.3 Å². The van der Waals surface area contributed by atoms with E-state index in [0.717, 1.165) is 28.3 Å². The molecule has 0 saturated heterocycles. The molecule has 3 rings (SSSR count). The Hall–Kier alpha value is -2.07. The molecule has 1 N–H and O–H groups in total. The van der Waals surface area contributed by atoms with Gasteiger partial charge in [0.25, 0.3) is 0 Å². The van der Waals surface area contributed by atoms with E-state index >= 15 is 0 Å². The Morgan fingerprint density at radius 1 is 1.20 bits per heavy atom. The molecule has 5 heteroatoms. The van der Waals surface area contributed by atoms with E-state index in [1.54, 1.807) is 0 Å². The van der Waals surface area contributed by atoms with Crippen LogP contribution in [0.25, 0.3) is 11.3 Å². The lowest BCUT2D eigenvalue weighted by Crippen LogP contribution is -2.05. The van der Waals surface area contributed by atoms with E-state index in [1.165, 1.54) is 0 Å². The third-order valence-corrected chi connectivity index (χ3v) is 3.41. The highest BCUT2D eigenvalue weighted by molar-refractivity contribution is 6.16. The van der Waals surface area contributed by atoms with Crippen molar-refractivity contribution in [2.24, 2.45) is 0 Å². The van der Waals surface area contributed by atoms with E-state index in [9.17, 15) is 0 Å². The largest absolute Gasteiger partial charge is 0.283 e. The summed E-state index contributed by atoms with van der Waals surface area (Å²) < 4.78 is 1.91. The fourth-order valence-corrected chi connectivity index (χ4v) is 2.37. The molecule has 0 unspecified atom stereocenters. The van der Waals surface area contributed by atoms with Gasteiger partial charge in [-0.3, -0.25) is 9.78 Å². The highest BCUT2D eigenvalue weighted by atomic mass is 35.5. The first-order valence-corrected chi connectivity index (χ1v) is 6.98. The molecule has 1 aromatic carbocycles. The number of hydrogen-bond donors (Lipinski definition) is 1. The molecule has 2 heterocycles. The quantitative estimate of drug-likeness (QED) is 0.748. The molecule has 102 valence electrons. The molecular weight excluding hydrogens is 272 g/mol. The van der Waals surface area contributed by atoms with Crippen LogP contribution in [0.15, 0.2) is 42.5 Å². The number of hydrogen-bond acceptors (Lipinski definition) is 2. The summed E-state index contributed by atoms with van der Waals surface area (Å²) in [5.74, 6) is 0.434. The third kappa shape index (κ3) is 2.60. The minimum absolute atomic E-state index is 0.434. The summed E-state index contributed by atoms with van der Waals surface area (Å²) in [5, 5.41) is 11.8. The molecule has 4 nitrogen and oxygen atoms in total. The van der Waals surface area contributed by atoms with Gasteiger partial charge in [0.15, 0.2) is 0 Å². The minimum Gasteiger partial charge on any atom is -0.283 e. The lowest BCUT2D eigenvalue weighted by Gasteiger charge is -2.02. The first kappa shape index (κ1) is 12.9. The molecule has 0 saturated carbocycles. The summed E-state index contributed by atoms with van der Waals surface area (Å²) in [6.07, 6.45) is 0. The molecule has 0 aliphatic heterocycles. The van der Waals surface area contributed by atoms with E-state index in [-0.39, 0.29) is 0 Å². The van der Waals surface area contributed by atoms with Gasteiger partial charge in [-0.15, -0.1) is 11.6 Å². The monoisotopic (exact) mass is 286 g/mol. The summed E-state index contributed by atoms with van der Waals surface area (Å²) in [7, 11) is 0. The van der Waals surface area contributed by atoms with Crippen molar-refractivity contribution >= 4 is 11.6 Å². The van der Waals surface area contributed by atoms with Gasteiger partial charge in [-0.25, -0.2) is 0 Å². The number of aromatic amines is 1. The maximum Gasteiger partial charge on any atom is 0.0926 e. The minimum atomic E-state index is 0.434. The van der Waals surface area contributed by atoms with Gasteiger partial charge in [0.05, 0.1) is 29.5 Å². The number of aryl methyl sites for hydroxylation is 1. The Labute approximate surface area is 122 Å². The van der Waals surface area contributed by atoms with Gasteiger partial charge in [-0.1, -0.05) is 30.3 Å². The summed E-state index contributed by atoms with van der Waals surface area (Å²) in [6.45, 7) is 2.61. The van der Waals surface area contributed by atoms with Crippen molar-refractivity contribution in [3.63, 3.8) is 0 Å². The van der Waals surface area contributed by atoms with Gasteiger partial charge < -0.3 is 0 Å². The molecular formula is C15H15ClN4. The number of benzene rings is 1. The maximum absolute atomic E-state index is 6.02. The number of rotatable bonds is 4. The van der Waals surface area contributed by atoms with Gasteiger partial charge >= 0.3 is 0 Å². The van der Waals surface area contributed by atoms with Crippen LogP contribution in [0.4, 0.5) is 0 Å². The average molecular weight is 287 g/mol. The second-order valence-electron chi connectivity index (χ2n) is 4.72. The normalized spacial score (nSPS) is 10.9. The van der Waals surface area contributed by atoms with Crippen LogP contribution in [-0.2, 0) is 12.4 Å². The molecule has 0 fully saturated rings. The molecule has 0 spiro atoms. The number of H-pyrrole nitrogens is 1. The molecule has 2 aromatic heterocycles. The van der Waals surface area contributed by atoms with Crippen molar-refractivity contribution in [2.45, 2.75) is 19.3 Å². The Morgan fingerprint density at radius 3 is 2.65 bits per heavy atom. The smallest absolute Gasteiger partial charge is 0.0926 e. The summed E-state index contributed by atoms with van der Waals surface area (Å²) >= 11 is 6.02. The van der Waals surface area contributed by atoms with E-state index in [2.05, 4.69) is 15.3 Å². The second kappa shape index (κ2) is 5.51. The number of nitrogens with one attached hydrogen (secondary N) is 1. The number of aromatic nitrogens is 4. The van der Waals surface area contributed by atoms with Gasteiger partial charge in [-0.05, 0) is 19.1 Å². The number of halogens is 1. The first-order chi connectivity index (χ1) is 9.76. The fourth-order valence-electron chi connectivity index (χ4n) is 2.16. The molecule has 0 aliphatic carbocycles. The van der Waals surface area contributed by atoms with E-state index < -0.39 is 0 Å². The molecule has 0 bridgehead atoms. The zero-order chi connectivity index (χ0) is 13.9.